The highest BCUT2D eigenvalue weighted by Crippen LogP contribution is 2.25. The Morgan fingerprint density at radius 1 is 1.32 bits per heavy atom. The first-order valence-electron chi connectivity index (χ1n) is 7.78. The lowest BCUT2D eigenvalue weighted by atomic mass is 9.86. The number of aromatic nitrogens is 3. The standard InChI is InChI=1S/C16H17ClN4O4/c17-11-3-1-2-4-13(11)21-10-12(19-20-21)15(24)18-16(9-14(22)23)5-7-25-8-6-16/h1-4,10H,5-9H2,(H,18,24)(H,22,23). The Kier molecular flexibility index (Phi) is 5.00. The van der Waals surface area contributed by atoms with Gasteiger partial charge in [-0.25, -0.2) is 4.68 Å². The van der Waals surface area contributed by atoms with Crippen molar-refractivity contribution in [3.05, 3.63) is 41.2 Å². The van der Waals surface area contributed by atoms with Gasteiger partial charge in [0.1, 0.15) is 0 Å². The van der Waals surface area contributed by atoms with Crippen molar-refractivity contribution in [3.63, 3.8) is 0 Å². The first kappa shape index (κ1) is 17.4. The van der Waals surface area contributed by atoms with Gasteiger partial charge >= 0.3 is 5.97 Å². The summed E-state index contributed by atoms with van der Waals surface area (Å²) in [6.07, 6.45) is 2.17. The lowest BCUT2D eigenvalue weighted by Crippen LogP contribution is -2.53. The Hall–Kier alpha value is -2.45. The molecular formula is C16H17ClN4O4. The van der Waals surface area contributed by atoms with Gasteiger partial charge in [-0.05, 0) is 25.0 Å². The second kappa shape index (κ2) is 7.20. The average molecular weight is 365 g/mol. The number of nitrogens with one attached hydrogen (secondary N) is 1. The van der Waals surface area contributed by atoms with Crippen LogP contribution in [-0.2, 0) is 9.53 Å². The van der Waals surface area contributed by atoms with Gasteiger partial charge in [-0.2, -0.15) is 0 Å². The molecule has 0 radical (unpaired) electrons. The van der Waals surface area contributed by atoms with Crippen LogP contribution in [0.25, 0.3) is 5.69 Å². The van der Waals surface area contributed by atoms with E-state index in [1.807, 2.05) is 0 Å². The molecule has 1 aromatic carbocycles. The van der Waals surface area contributed by atoms with Crippen LogP contribution in [0.2, 0.25) is 5.02 Å². The van der Waals surface area contributed by atoms with Gasteiger partial charge in [-0.15, -0.1) is 5.10 Å². The zero-order valence-corrected chi connectivity index (χ0v) is 14.1. The second-order valence-electron chi connectivity index (χ2n) is 5.92. The van der Waals surface area contributed by atoms with Gasteiger partial charge < -0.3 is 15.2 Å². The minimum Gasteiger partial charge on any atom is -0.481 e. The molecule has 0 bridgehead atoms. The summed E-state index contributed by atoms with van der Waals surface area (Å²) in [5, 5.41) is 20.2. The number of carbonyl (C=O) groups excluding carboxylic acids is 1. The third kappa shape index (κ3) is 3.97. The molecule has 0 saturated carbocycles. The SMILES string of the molecule is O=C(O)CC1(NC(=O)c2cn(-c3ccccc3Cl)nn2)CCOCC1. The molecule has 1 aromatic heterocycles. The Morgan fingerprint density at radius 3 is 2.72 bits per heavy atom. The maximum atomic E-state index is 12.5. The van der Waals surface area contributed by atoms with Gasteiger partial charge in [0.05, 0.1) is 28.9 Å². The molecule has 1 fully saturated rings. The van der Waals surface area contributed by atoms with Crippen LogP contribution in [0.5, 0.6) is 0 Å². The fourth-order valence-electron chi connectivity index (χ4n) is 2.83. The fourth-order valence-corrected chi connectivity index (χ4v) is 3.05. The smallest absolute Gasteiger partial charge is 0.305 e. The number of halogens is 1. The van der Waals surface area contributed by atoms with E-state index in [1.165, 1.54) is 10.9 Å². The number of amides is 1. The van der Waals surface area contributed by atoms with Crippen molar-refractivity contribution in [1.29, 1.82) is 0 Å². The minimum atomic E-state index is -0.970. The van der Waals surface area contributed by atoms with E-state index in [0.717, 1.165) is 0 Å². The molecule has 0 atom stereocenters. The summed E-state index contributed by atoms with van der Waals surface area (Å²) in [5.74, 6) is -1.44. The first-order chi connectivity index (χ1) is 12.0. The van der Waals surface area contributed by atoms with Crippen LogP contribution in [0.1, 0.15) is 29.8 Å². The van der Waals surface area contributed by atoms with Crippen LogP contribution in [0.4, 0.5) is 0 Å². The van der Waals surface area contributed by atoms with E-state index < -0.39 is 17.4 Å². The van der Waals surface area contributed by atoms with Crippen molar-refractivity contribution in [3.8, 4) is 5.69 Å². The van der Waals surface area contributed by atoms with Crippen molar-refractivity contribution >= 4 is 23.5 Å². The van der Waals surface area contributed by atoms with Crippen LogP contribution in [0.15, 0.2) is 30.5 Å². The monoisotopic (exact) mass is 364 g/mol. The summed E-state index contributed by atoms with van der Waals surface area (Å²) in [7, 11) is 0. The van der Waals surface area contributed by atoms with E-state index in [2.05, 4.69) is 15.6 Å². The Labute approximate surface area is 148 Å². The predicted molar refractivity (Wildman–Crippen MR) is 88.9 cm³/mol. The molecule has 1 aliphatic rings. The Morgan fingerprint density at radius 2 is 2.04 bits per heavy atom. The van der Waals surface area contributed by atoms with E-state index in [1.54, 1.807) is 24.3 Å². The first-order valence-corrected chi connectivity index (χ1v) is 8.16. The maximum Gasteiger partial charge on any atom is 0.305 e. The van der Waals surface area contributed by atoms with Crippen molar-refractivity contribution in [2.75, 3.05) is 13.2 Å². The zero-order chi connectivity index (χ0) is 17.9. The number of hydrogen-bond donors (Lipinski definition) is 2. The highest BCUT2D eigenvalue weighted by atomic mass is 35.5. The number of benzene rings is 1. The number of hydrogen-bond acceptors (Lipinski definition) is 5. The number of carboxylic acid groups (broad SMARTS) is 1. The predicted octanol–water partition coefficient (Wildman–Crippen LogP) is 1.67. The normalized spacial score (nSPS) is 16.4. The summed E-state index contributed by atoms with van der Waals surface area (Å²) in [6, 6.07) is 7.05. The Balaban J connectivity index is 1.79. The Bertz CT molecular complexity index is 786. The quantitative estimate of drug-likeness (QED) is 0.835. The van der Waals surface area contributed by atoms with E-state index in [0.29, 0.717) is 36.8 Å². The average Bonchev–Trinajstić information content (AvgIpc) is 3.05. The number of aliphatic carboxylic acids is 1. The van der Waals surface area contributed by atoms with Gasteiger partial charge in [-0.3, -0.25) is 9.59 Å². The fraction of sp³-hybridized carbons (Fsp3) is 0.375. The largest absolute Gasteiger partial charge is 0.481 e. The molecule has 8 nitrogen and oxygen atoms in total. The maximum absolute atomic E-state index is 12.5. The molecule has 0 aliphatic carbocycles. The molecule has 0 spiro atoms. The number of carboxylic acids is 1. The molecule has 25 heavy (non-hydrogen) atoms. The molecule has 3 rings (SSSR count). The molecule has 0 unspecified atom stereocenters. The van der Waals surface area contributed by atoms with Gasteiger partial charge in [-0.1, -0.05) is 28.9 Å². The summed E-state index contributed by atoms with van der Waals surface area (Å²) in [5.41, 5.74) is -0.145. The number of carbonyl (C=O) groups is 2. The number of rotatable bonds is 5. The minimum absolute atomic E-state index is 0.0937. The van der Waals surface area contributed by atoms with E-state index >= 15 is 0 Å². The molecule has 1 aliphatic heterocycles. The van der Waals surface area contributed by atoms with E-state index in [4.69, 9.17) is 21.4 Å². The van der Waals surface area contributed by atoms with E-state index in [9.17, 15) is 9.59 Å². The van der Waals surface area contributed by atoms with Crippen LogP contribution < -0.4 is 5.32 Å². The number of nitrogens with zero attached hydrogens (tertiary/aromatic N) is 3. The van der Waals surface area contributed by atoms with Crippen molar-refractivity contribution in [2.24, 2.45) is 0 Å². The van der Waals surface area contributed by atoms with Gasteiger partial charge in [0.25, 0.3) is 5.91 Å². The summed E-state index contributed by atoms with van der Waals surface area (Å²) < 4.78 is 6.69. The molecule has 1 amide bonds. The lowest BCUT2D eigenvalue weighted by molar-refractivity contribution is -0.139. The summed E-state index contributed by atoms with van der Waals surface area (Å²) >= 11 is 6.11. The molecule has 1 saturated heterocycles. The van der Waals surface area contributed by atoms with Crippen LogP contribution in [0, 0.1) is 0 Å². The second-order valence-corrected chi connectivity index (χ2v) is 6.32. The topological polar surface area (TPSA) is 106 Å². The third-order valence-electron chi connectivity index (χ3n) is 4.14. The van der Waals surface area contributed by atoms with Crippen LogP contribution in [0.3, 0.4) is 0 Å². The van der Waals surface area contributed by atoms with E-state index in [-0.39, 0.29) is 12.1 Å². The summed E-state index contributed by atoms with van der Waals surface area (Å²) in [6.45, 7) is 0.805. The highest BCUT2D eigenvalue weighted by molar-refractivity contribution is 6.32. The molecule has 9 heteroatoms. The van der Waals surface area contributed by atoms with Gasteiger partial charge in [0, 0.05) is 13.2 Å². The molecule has 2 N–H and O–H groups in total. The van der Waals surface area contributed by atoms with Gasteiger partial charge in [0.2, 0.25) is 0 Å². The van der Waals surface area contributed by atoms with Crippen molar-refractivity contribution in [1.82, 2.24) is 20.3 Å². The zero-order valence-electron chi connectivity index (χ0n) is 13.3. The van der Waals surface area contributed by atoms with Crippen LogP contribution in [-0.4, -0.2) is 50.7 Å². The van der Waals surface area contributed by atoms with Gasteiger partial charge in [0.15, 0.2) is 5.69 Å². The molecule has 132 valence electrons. The van der Waals surface area contributed by atoms with Crippen molar-refractivity contribution in [2.45, 2.75) is 24.8 Å². The molecular weight excluding hydrogens is 348 g/mol. The lowest BCUT2D eigenvalue weighted by Gasteiger charge is -2.36. The highest BCUT2D eigenvalue weighted by Gasteiger charge is 2.37. The number of ether oxygens (including phenoxy) is 1. The summed E-state index contributed by atoms with van der Waals surface area (Å²) in [4.78, 5) is 23.7. The third-order valence-corrected chi connectivity index (χ3v) is 4.46. The molecule has 2 heterocycles. The van der Waals surface area contributed by atoms with Crippen LogP contribution >= 0.6 is 11.6 Å². The molecule has 2 aromatic rings. The van der Waals surface area contributed by atoms with Crippen molar-refractivity contribution < 1.29 is 19.4 Å². The number of para-hydroxylation sites is 1.